The third-order valence-electron chi connectivity index (χ3n) is 6.44. The lowest BCUT2D eigenvalue weighted by atomic mass is 9.95. The molecule has 0 spiro atoms. The fourth-order valence-electron chi connectivity index (χ4n) is 4.30. The van der Waals surface area contributed by atoms with Gasteiger partial charge in [0.25, 0.3) is 5.78 Å². The van der Waals surface area contributed by atoms with Gasteiger partial charge in [0, 0.05) is 16.3 Å². The molecule has 1 saturated heterocycles. The minimum Gasteiger partial charge on any atom is -0.507 e. The molecule has 0 bridgehead atoms. The molecule has 0 saturated carbocycles. The number of nitrogens with zero attached hydrogens (tertiary/aromatic N) is 3. The van der Waals surface area contributed by atoms with Crippen LogP contribution in [0.25, 0.3) is 5.76 Å². The molecular weight excluding hydrogens is 585 g/mol. The second-order valence-corrected chi connectivity index (χ2v) is 11.8. The first-order valence-corrected chi connectivity index (χ1v) is 15.0. The van der Waals surface area contributed by atoms with E-state index in [0.29, 0.717) is 38.6 Å². The third-order valence-corrected chi connectivity index (χ3v) is 8.91. The van der Waals surface area contributed by atoms with Crippen LogP contribution in [-0.4, -0.2) is 33.6 Å². The quantitative estimate of drug-likeness (QED) is 0.0499. The van der Waals surface area contributed by atoms with Crippen LogP contribution in [-0.2, 0) is 15.3 Å². The van der Waals surface area contributed by atoms with Gasteiger partial charge in [-0.05, 0) is 60.0 Å². The van der Waals surface area contributed by atoms with E-state index in [0.717, 1.165) is 29.7 Å². The molecule has 0 radical (unpaired) electrons. The summed E-state index contributed by atoms with van der Waals surface area (Å²) in [7, 11) is 0. The lowest BCUT2D eigenvalue weighted by molar-refractivity contribution is -0.132. The van der Waals surface area contributed by atoms with Crippen LogP contribution in [0.5, 0.6) is 5.75 Å². The van der Waals surface area contributed by atoms with Crippen molar-refractivity contribution < 1.29 is 23.8 Å². The van der Waals surface area contributed by atoms with E-state index in [9.17, 15) is 19.1 Å². The fraction of sp³-hybridized carbons (Fsp3) is 0.200. The van der Waals surface area contributed by atoms with Crippen molar-refractivity contribution in [3.05, 3.63) is 106 Å². The van der Waals surface area contributed by atoms with E-state index < -0.39 is 23.5 Å². The van der Waals surface area contributed by atoms with Gasteiger partial charge in [0.1, 0.15) is 17.3 Å². The second kappa shape index (κ2) is 12.8. The number of aliphatic hydroxyl groups is 1. The fourth-order valence-corrected chi connectivity index (χ4v) is 6.46. The molecule has 7 nitrogen and oxygen atoms in total. The highest BCUT2D eigenvalue weighted by atomic mass is 35.5. The number of hydrogen-bond acceptors (Lipinski definition) is 8. The Bertz CT molecular complexity index is 1590. The van der Waals surface area contributed by atoms with Gasteiger partial charge in [-0.15, -0.1) is 10.2 Å². The number of carbonyl (C=O) groups excluding carboxylic acids is 2. The van der Waals surface area contributed by atoms with Gasteiger partial charge in [-0.2, -0.15) is 0 Å². The van der Waals surface area contributed by atoms with Gasteiger partial charge >= 0.3 is 5.91 Å². The summed E-state index contributed by atoms with van der Waals surface area (Å²) in [4.78, 5) is 28.0. The van der Waals surface area contributed by atoms with Crippen LogP contribution in [0.2, 0.25) is 5.02 Å². The number of amides is 1. The Labute approximate surface area is 249 Å². The SMILES string of the molecule is CCCCOc1ccc(C(O)=C2C(=O)C(=O)N(c3nnc(SCc4ccccc4Cl)s3)[C@@H]2c2ccc(F)cc2)cc1. The molecule has 4 aromatic rings. The van der Waals surface area contributed by atoms with Gasteiger partial charge in [-0.3, -0.25) is 14.5 Å². The predicted octanol–water partition coefficient (Wildman–Crippen LogP) is 7.43. The summed E-state index contributed by atoms with van der Waals surface area (Å²) in [5, 5.41) is 20.5. The molecule has 0 aliphatic carbocycles. The Morgan fingerprint density at radius 2 is 1.80 bits per heavy atom. The number of carbonyl (C=O) groups is 2. The maximum Gasteiger partial charge on any atom is 0.301 e. The molecule has 1 atom stereocenters. The number of rotatable bonds is 10. The number of aromatic nitrogens is 2. The van der Waals surface area contributed by atoms with Crippen molar-refractivity contribution in [2.45, 2.75) is 35.9 Å². The number of aliphatic hydroxyl groups excluding tert-OH is 1. The Balaban J connectivity index is 1.49. The molecule has 0 unspecified atom stereocenters. The van der Waals surface area contributed by atoms with E-state index in [4.69, 9.17) is 16.3 Å². The van der Waals surface area contributed by atoms with Gasteiger partial charge in [0.05, 0.1) is 18.2 Å². The summed E-state index contributed by atoms with van der Waals surface area (Å²) in [5.41, 5.74) is 1.57. The largest absolute Gasteiger partial charge is 0.507 e. The number of hydrogen-bond donors (Lipinski definition) is 1. The molecule has 1 aromatic heterocycles. The number of halogens is 2. The molecule has 41 heavy (non-hydrogen) atoms. The number of ketones is 1. The minimum absolute atomic E-state index is 0.123. The predicted molar refractivity (Wildman–Crippen MR) is 159 cm³/mol. The topological polar surface area (TPSA) is 92.6 Å². The number of anilines is 1. The molecular formula is C30H25ClFN3O4S2. The molecule has 11 heteroatoms. The van der Waals surface area contributed by atoms with E-state index in [-0.39, 0.29) is 16.5 Å². The third kappa shape index (κ3) is 6.29. The highest BCUT2D eigenvalue weighted by Gasteiger charge is 2.48. The summed E-state index contributed by atoms with van der Waals surface area (Å²) >= 11 is 8.80. The normalized spacial score (nSPS) is 16.4. The first-order valence-electron chi connectivity index (χ1n) is 12.9. The molecule has 1 amide bonds. The van der Waals surface area contributed by atoms with E-state index in [1.54, 1.807) is 30.3 Å². The molecule has 210 valence electrons. The van der Waals surface area contributed by atoms with Crippen molar-refractivity contribution in [3.8, 4) is 5.75 Å². The van der Waals surface area contributed by atoms with Crippen LogP contribution in [0, 0.1) is 5.82 Å². The Morgan fingerprint density at radius 1 is 1.07 bits per heavy atom. The van der Waals surface area contributed by atoms with Gasteiger partial charge < -0.3 is 9.84 Å². The monoisotopic (exact) mass is 609 g/mol. The Morgan fingerprint density at radius 3 is 2.51 bits per heavy atom. The van der Waals surface area contributed by atoms with Gasteiger partial charge in [0.15, 0.2) is 4.34 Å². The summed E-state index contributed by atoms with van der Waals surface area (Å²) in [6.07, 6.45) is 1.91. The van der Waals surface area contributed by atoms with Crippen LogP contribution in [0.1, 0.15) is 42.5 Å². The lowest BCUT2D eigenvalue weighted by Crippen LogP contribution is -2.29. The van der Waals surface area contributed by atoms with Crippen molar-refractivity contribution in [3.63, 3.8) is 0 Å². The van der Waals surface area contributed by atoms with Crippen LogP contribution in [0.15, 0.2) is 82.7 Å². The first-order chi connectivity index (χ1) is 19.9. The number of Topliss-reactive ketones (excluding diaryl/α,β-unsaturated/α-hetero) is 1. The zero-order valence-electron chi connectivity index (χ0n) is 21.9. The maximum atomic E-state index is 13.8. The molecule has 1 N–H and O–H groups in total. The lowest BCUT2D eigenvalue weighted by Gasteiger charge is -2.22. The van der Waals surface area contributed by atoms with Crippen LogP contribution in [0.4, 0.5) is 9.52 Å². The van der Waals surface area contributed by atoms with Crippen molar-refractivity contribution in [1.82, 2.24) is 10.2 Å². The van der Waals surface area contributed by atoms with E-state index >= 15 is 0 Å². The minimum atomic E-state index is -1.04. The average Bonchev–Trinajstić information content (AvgIpc) is 3.55. The van der Waals surface area contributed by atoms with Crippen molar-refractivity contribution in [2.75, 3.05) is 11.5 Å². The van der Waals surface area contributed by atoms with Crippen LogP contribution >= 0.6 is 34.7 Å². The second-order valence-electron chi connectivity index (χ2n) is 9.18. The number of benzene rings is 3. The van der Waals surface area contributed by atoms with Gasteiger partial charge in [0.2, 0.25) is 5.13 Å². The molecule has 5 rings (SSSR count). The summed E-state index contributed by atoms with van der Waals surface area (Å²) in [6, 6.07) is 18.5. The zero-order chi connectivity index (χ0) is 28.9. The van der Waals surface area contributed by atoms with E-state index in [1.807, 2.05) is 18.2 Å². The van der Waals surface area contributed by atoms with Crippen molar-refractivity contribution in [2.24, 2.45) is 0 Å². The van der Waals surface area contributed by atoms with Crippen LogP contribution in [0.3, 0.4) is 0 Å². The standard InChI is InChI=1S/C30H25ClFN3O4S2/c1-2-3-16-39-22-14-10-19(11-15-22)26(36)24-25(18-8-12-21(32)13-9-18)35(28(38)27(24)37)29-33-34-30(41-29)40-17-20-6-4-5-7-23(20)31/h4-15,25,36H,2-3,16-17H2,1H3/t25-/m1/s1. The Kier molecular flexibility index (Phi) is 9.02. The zero-order valence-corrected chi connectivity index (χ0v) is 24.3. The first kappa shape index (κ1) is 28.8. The molecule has 1 fully saturated rings. The summed E-state index contributed by atoms with van der Waals surface area (Å²) in [6.45, 7) is 2.64. The molecule has 1 aliphatic heterocycles. The van der Waals surface area contributed by atoms with E-state index in [1.165, 1.54) is 40.9 Å². The Hall–Kier alpha value is -3.73. The highest BCUT2D eigenvalue weighted by molar-refractivity contribution is 8.00. The van der Waals surface area contributed by atoms with Gasteiger partial charge in [-0.25, -0.2) is 4.39 Å². The maximum absolute atomic E-state index is 13.8. The van der Waals surface area contributed by atoms with Crippen molar-refractivity contribution >= 4 is 57.3 Å². The number of ether oxygens (including phenoxy) is 1. The molecule has 2 heterocycles. The number of thioether (sulfide) groups is 1. The summed E-state index contributed by atoms with van der Waals surface area (Å²) < 4.78 is 20.1. The smallest absolute Gasteiger partial charge is 0.301 e. The van der Waals surface area contributed by atoms with Gasteiger partial charge in [-0.1, -0.05) is 78.4 Å². The number of unbranched alkanes of at least 4 members (excludes halogenated alkanes) is 1. The summed E-state index contributed by atoms with van der Waals surface area (Å²) in [5.74, 6) is -1.40. The van der Waals surface area contributed by atoms with Crippen molar-refractivity contribution in [1.29, 1.82) is 0 Å². The van der Waals surface area contributed by atoms with E-state index in [2.05, 4.69) is 17.1 Å². The highest BCUT2D eigenvalue weighted by Crippen LogP contribution is 2.44. The van der Waals surface area contributed by atoms with Crippen LogP contribution < -0.4 is 9.64 Å². The molecule has 1 aliphatic rings. The molecule has 3 aromatic carbocycles. The average molecular weight is 610 g/mol.